The molecule has 0 amide bonds. The summed E-state index contributed by atoms with van der Waals surface area (Å²) in [5.41, 5.74) is -1.62. The Morgan fingerprint density at radius 1 is 0.912 bits per heavy atom. The number of carboxylic acids is 1. The van der Waals surface area contributed by atoms with Crippen LogP contribution >= 0.6 is 0 Å². The van der Waals surface area contributed by atoms with Gasteiger partial charge in [-0.1, -0.05) is 0 Å². The fraction of sp³-hybridized carbons (Fsp3) is 0.238. The van der Waals surface area contributed by atoms with E-state index in [-0.39, 0.29) is 11.3 Å². The third-order valence-corrected chi connectivity index (χ3v) is 5.25. The van der Waals surface area contributed by atoms with Crippen LogP contribution in [0.25, 0.3) is 22.3 Å². The highest BCUT2D eigenvalue weighted by Crippen LogP contribution is 2.43. The number of rotatable bonds is 4. The first kappa shape index (κ1) is 23.1. The predicted molar refractivity (Wildman–Crippen MR) is 110 cm³/mol. The largest absolute Gasteiger partial charge is 0.508 e. The van der Waals surface area contributed by atoms with Gasteiger partial charge in [-0.2, -0.15) is 0 Å². The average molecular weight is 478 g/mol. The minimum Gasteiger partial charge on any atom is -0.508 e. The number of aliphatic carboxylic acids is 1. The molecule has 13 heteroatoms. The van der Waals surface area contributed by atoms with Gasteiger partial charge < -0.3 is 54.7 Å². The number of carboxylic acid groups (broad SMARTS) is 1. The highest BCUT2D eigenvalue weighted by Gasteiger charge is 2.48. The molecular formula is C21H18O13. The minimum absolute atomic E-state index is 0.111. The molecule has 0 bridgehead atoms. The van der Waals surface area contributed by atoms with Crippen LogP contribution in [0.5, 0.6) is 28.7 Å². The monoisotopic (exact) mass is 478 g/mol. The van der Waals surface area contributed by atoms with Crippen LogP contribution in [-0.2, 0) is 9.53 Å². The average Bonchev–Trinajstić information content (AvgIpc) is 2.79. The molecule has 180 valence electrons. The number of phenolic OH excluding ortho intramolecular Hbond substituents is 3. The summed E-state index contributed by atoms with van der Waals surface area (Å²) in [5, 5.41) is 79.0. The molecule has 1 fully saturated rings. The number of aliphatic hydroxyl groups is 3. The van der Waals surface area contributed by atoms with Gasteiger partial charge in [0.2, 0.25) is 23.2 Å². The number of ether oxygens (including phenoxy) is 2. The maximum Gasteiger partial charge on any atom is 0.335 e. The Kier molecular flexibility index (Phi) is 5.70. The third kappa shape index (κ3) is 3.72. The van der Waals surface area contributed by atoms with Crippen LogP contribution in [0.4, 0.5) is 0 Å². The Balaban J connectivity index is 1.81. The van der Waals surface area contributed by atoms with Crippen molar-refractivity contribution in [3.8, 4) is 40.1 Å². The normalized spacial score (nSPS) is 24.7. The van der Waals surface area contributed by atoms with E-state index in [0.29, 0.717) is 0 Å². The van der Waals surface area contributed by atoms with Gasteiger partial charge in [0.25, 0.3) is 0 Å². The molecule has 2 heterocycles. The van der Waals surface area contributed by atoms with Gasteiger partial charge in [0, 0.05) is 11.6 Å². The molecule has 1 aliphatic heterocycles. The van der Waals surface area contributed by atoms with Gasteiger partial charge >= 0.3 is 5.97 Å². The number of aliphatic hydroxyl groups excluding tert-OH is 3. The van der Waals surface area contributed by atoms with Crippen LogP contribution in [0.2, 0.25) is 0 Å². The Morgan fingerprint density at radius 3 is 2.18 bits per heavy atom. The summed E-state index contributed by atoms with van der Waals surface area (Å²) < 4.78 is 15.7. The first-order valence-electron chi connectivity index (χ1n) is 9.64. The number of hydrogen-bond acceptors (Lipinski definition) is 12. The zero-order valence-electron chi connectivity index (χ0n) is 16.9. The van der Waals surface area contributed by atoms with Crippen molar-refractivity contribution >= 4 is 16.9 Å². The lowest BCUT2D eigenvalue weighted by molar-refractivity contribution is -0.271. The fourth-order valence-electron chi connectivity index (χ4n) is 3.47. The minimum atomic E-state index is -1.99. The van der Waals surface area contributed by atoms with E-state index in [9.17, 15) is 45.3 Å². The van der Waals surface area contributed by atoms with Gasteiger partial charge in [0.05, 0.1) is 0 Å². The number of carbonyl (C=O) groups is 1. The van der Waals surface area contributed by atoms with Crippen molar-refractivity contribution in [3.05, 3.63) is 40.6 Å². The molecule has 5 atom stereocenters. The highest BCUT2D eigenvalue weighted by molar-refractivity contribution is 5.93. The van der Waals surface area contributed by atoms with Crippen LogP contribution < -0.4 is 10.2 Å². The van der Waals surface area contributed by atoms with Gasteiger partial charge in [-0.3, -0.25) is 4.79 Å². The number of hydrogen-bond donors (Lipinski definition) is 8. The van der Waals surface area contributed by atoms with Crippen LogP contribution in [0.3, 0.4) is 0 Å². The molecule has 0 aliphatic carbocycles. The summed E-state index contributed by atoms with van der Waals surface area (Å²) in [4.78, 5) is 23.9. The molecule has 2 aromatic carbocycles. The van der Waals surface area contributed by atoms with E-state index >= 15 is 0 Å². The van der Waals surface area contributed by atoms with Gasteiger partial charge in [0.15, 0.2) is 23.2 Å². The van der Waals surface area contributed by atoms with E-state index in [2.05, 4.69) is 0 Å². The van der Waals surface area contributed by atoms with Gasteiger partial charge in [0.1, 0.15) is 35.2 Å². The topological polar surface area (TPSA) is 228 Å². The van der Waals surface area contributed by atoms with Gasteiger partial charge in [-0.05, 0) is 24.3 Å². The maximum absolute atomic E-state index is 12.7. The molecule has 1 aromatic heterocycles. The quantitative estimate of drug-likeness (QED) is 0.223. The Labute approximate surface area is 188 Å². The molecule has 34 heavy (non-hydrogen) atoms. The van der Waals surface area contributed by atoms with Crippen molar-refractivity contribution in [1.82, 2.24) is 0 Å². The lowest BCUT2D eigenvalue weighted by atomic mass is 9.99. The van der Waals surface area contributed by atoms with E-state index in [1.54, 1.807) is 0 Å². The molecule has 4 rings (SSSR count). The summed E-state index contributed by atoms with van der Waals surface area (Å²) in [7, 11) is 0. The number of phenols is 3. The molecule has 0 unspecified atom stereocenters. The van der Waals surface area contributed by atoms with Gasteiger partial charge in [-0.25, -0.2) is 4.79 Å². The third-order valence-electron chi connectivity index (χ3n) is 5.25. The maximum atomic E-state index is 12.7. The highest BCUT2D eigenvalue weighted by atomic mass is 16.7. The molecule has 1 saturated heterocycles. The fourth-order valence-corrected chi connectivity index (χ4v) is 3.47. The van der Waals surface area contributed by atoms with E-state index in [1.807, 2.05) is 0 Å². The van der Waals surface area contributed by atoms with Crippen molar-refractivity contribution in [1.29, 1.82) is 0 Å². The van der Waals surface area contributed by atoms with Crippen molar-refractivity contribution in [3.63, 3.8) is 0 Å². The lowest BCUT2D eigenvalue weighted by Crippen LogP contribution is -2.61. The van der Waals surface area contributed by atoms with E-state index in [0.717, 1.165) is 6.07 Å². The van der Waals surface area contributed by atoms with Crippen molar-refractivity contribution < 1.29 is 59.5 Å². The molecular weight excluding hydrogens is 460 g/mol. The summed E-state index contributed by atoms with van der Waals surface area (Å²) in [6.07, 6.45) is -9.87. The first-order chi connectivity index (χ1) is 16.0. The molecule has 0 radical (unpaired) electrons. The second-order valence-electron chi connectivity index (χ2n) is 7.46. The number of aromatic hydroxyl groups is 4. The van der Waals surface area contributed by atoms with Crippen molar-refractivity contribution in [2.24, 2.45) is 0 Å². The summed E-state index contributed by atoms with van der Waals surface area (Å²) in [6.45, 7) is 0. The van der Waals surface area contributed by atoms with E-state index in [1.165, 1.54) is 24.3 Å². The van der Waals surface area contributed by atoms with Crippen LogP contribution in [-0.4, -0.2) is 77.5 Å². The zero-order valence-corrected chi connectivity index (χ0v) is 16.9. The molecule has 3 aromatic rings. The van der Waals surface area contributed by atoms with Crippen molar-refractivity contribution in [2.75, 3.05) is 0 Å². The number of benzene rings is 2. The molecule has 0 saturated carbocycles. The second kappa shape index (κ2) is 8.39. The molecule has 0 spiro atoms. The molecule has 13 nitrogen and oxygen atoms in total. The van der Waals surface area contributed by atoms with E-state index in [4.69, 9.17) is 19.0 Å². The molecule has 8 N–H and O–H groups in total. The van der Waals surface area contributed by atoms with Crippen molar-refractivity contribution in [2.45, 2.75) is 30.7 Å². The summed E-state index contributed by atoms with van der Waals surface area (Å²) in [5.74, 6) is -5.44. The SMILES string of the molecule is O=C(O)[C@@H]1O[C@H](Oc2cc(O)c3c(=O)c(O)c(-c4ccc(O)cc4)oc3c2O)[C@H](O)[C@H](O)[C@@H]1O. The Bertz CT molecular complexity index is 1310. The van der Waals surface area contributed by atoms with Gasteiger partial charge in [-0.15, -0.1) is 0 Å². The smallest absolute Gasteiger partial charge is 0.335 e. The standard InChI is InChI=1S/C21H18O13/c22-7-3-1-6(2-4-7)17-14(27)12(25)10-8(23)5-9(11(24)18(10)33-17)32-21-16(29)13(26)15(28)19(34-21)20(30)31/h1-5,13,15-16,19,21-24,26-29H,(H,30,31)/t13-,15+,16-,19-,21+/m1/s1. The zero-order chi connectivity index (χ0) is 24.9. The van der Waals surface area contributed by atoms with Crippen LogP contribution in [0.15, 0.2) is 39.5 Å². The van der Waals surface area contributed by atoms with Crippen LogP contribution in [0.1, 0.15) is 0 Å². The van der Waals surface area contributed by atoms with Crippen LogP contribution in [0, 0.1) is 0 Å². The summed E-state index contributed by atoms with van der Waals surface area (Å²) >= 11 is 0. The summed E-state index contributed by atoms with van der Waals surface area (Å²) in [6, 6.07) is 5.83. The first-order valence-corrected chi connectivity index (χ1v) is 9.64. The Hall–Kier alpha value is -4.04. The Morgan fingerprint density at radius 2 is 1.56 bits per heavy atom. The number of fused-ring (bicyclic) bond motifs is 1. The predicted octanol–water partition coefficient (Wildman–Crippen LogP) is -0.447. The molecule has 1 aliphatic rings. The second-order valence-corrected chi connectivity index (χ2v) is 7.46. The lowest BCUT2D eigenvalue weighted by Gasteiger charge is -2.38. The van der Waals surface area contributed by atoms with E-state index < -0.39 is 81.8 Å².